The Bertz CT molecular complexity index is 949. The first-order valence-electron chi connectivity index (χ1n) is 7.34. The fourth-order valence-electron chi connectivity index (χ4n) is 2.26. The zero-order valence-corrected chi connectivity index (χ0v) is 13.3. The molecule has 0 fully saturated rings. The van der Waals surface area contributed by atoms with E-state index < -0.39 is 5.91 Å². The second kappa shape index (κ2) is 6.37. The summed E-state index contributed by atoms with van der Waals surface area (Å²) in [6.07, 6.45) is 1.45. The summed E-state index contributed by atoms with van der Waals surface area (Å²) in [4.78, 5) is 24.3. The number of benzene rings is 1. The minimum Gasteiger partial charge on any atom is -0.294 e. The summed E-state index contributed by atoms with van der Waals surface area (Å²) in [7, 11) is 0. The van der Waals surface area contributed by atoms with E-state index in [2.05, 4.69) is 25.8 Å². The Labute approximate surface area is 137 Å². The smallest absolute Gasteiger partial charge is 0.294 e. The summed E-state index contributed by atoms with van der Waals surface area (Å²) in [5.74, 6) is -0.396. The van der Waals surface area contributed by atoms with Crippen molar-refractivity contribution in [3.8, 4) is 5.69 Å². The summed E-state index contributed by atoms with van der Waals surface area (Å²) in [5.41, 5.74) is 5.16. The second-order valence-corrected chi connectivity index (χ2v) is 5.31. The van der Waals surface area contributed by atoms with Gasteiger partial charge in [-0.25, -0.2) is 4.68 Å². The number of aryl methyl sites for hydroxylation is 2. The van der Waals surface area contributed by atoms with Gasteiger partial charge in [0.05, 0.1) is 5.69 Å². The zero-order valence-electron chi connectivity index (χ0n) is 13.3. The zero-order chi connectivity index (χ0) is 17.1. The first-order chi connectivity index (χ1) is 11.6. The number of amides is 1. The number of hydrogen-bond acceptors (Lipinski definition) is 3. The van der Waals surface area contributed by atoms with Crippen molar-refractivity contribution < 1.29 is 9.90 Å². The van der Waals surface area contributed by atoms with Crippen molar-refractivity contribution in [2.24, 2.45) is 0 Å². The average molecular weight is 325 g/mol. The van der Waals surface area contributed by atoms with E-state index in [1.165, 1.54) is 10.9 Å². The fraction of sp³-hybridized carbons (Fsp3) is 0.125. The largest absolute Gasteiger partial charge is 0.325 e. The van der Waals surface area contributed by atoms with Gasteiger partial charge in [0, 0.05) is 11.4 Å². The fourth-order valence-corrected chi connectivity index (χ4v) is 2.26. The number of aromatic amines is 2. The van der Waals surface area contributed by atoms with Crippen LogP contribution in [0, 0.1) is 13.8 Å². The molecular weight excluding hydrogens is 308 g/mol. The maximum Gasteiger partial charge on any atom is 0.325 e. The molecule has 0 saturated heterocycles. The Kier molecular flexibility index (Phi) is 4.11. The van der Waals surface area contributed by atoms with Gasteiger partial charge in [-0.2, -0.15) is 5.10 Å². The molecule has 0 spiro atoms. The second-order valence-electron chi connectivity index (χ2n) is 5.31. The lowest BCUT2D eigenvalue weighted by Crippen LogP contribution is -2.82. The topological polar surface area (TPSA) is 110 Å². The van der Waals surface area contributed by atoms with Crippen LogP contribution < -0.4 is 16.1 Å². The lowest BCUT2D eigenvalue weighted by molar-refractivity contribution is -0.503. The maximum atomic E-state index is 12.5. The number of nitrogens with zero attached hydrogens (tertiary/aromatic N) is 2. The normalized spacial score (nSPS) is 11.1. The molecule has 3 aromatic rings. The van der Waals surface area contributed by atoms with Crippen molar-refractivity contribution in [2.75, 3.05) is 0 Å². The van der Waals surface area contributed by atoms with Crippen molar-refractivity contribution >= 4 is 12.1 Å². The molecule has 24 heavy (non-hydrogen) atoms. The van der Waals surface area contributed by atoms with Crippen LogP contribution in [0.5, 0.6) is 0 Å². The first kappa shape index (κ1) is 15.5. The van der Waals surface area contributed by atoms with Crippen LogP contribution in [0.15, 0.2) is 41.2 Å². The van der Waals surface area contributed by atoms with Gasteiger partial charge in [-0.1, -0.05) is 18.2 Å². The average Bonchev–Trinajstić information content (AvgIpc) is 3.13. The molecule has 4 N–H and O–H groups in total. The molecule has 0 bridgehead atoms. The molecule has 2 heterocycles. The lowest BCUT2D eigenvalue weighted by Gasteiger charge is -1.99. The van der Waals surface area contributed by atoms with Gasteiger partial charge in [0.25, 0.3) is 5.56 Å². The van der Waals surface area contributed by atoms with Crippen molar-refractivity contribution in [1.29, 1.82) is 0 Å². The number of aromatic nitrogens is 4. The van der Waals surface area contributed by atoms with E-state index in [0.717, 1.165) is 11.4 Å². The van der Waals surface area contributed by atoms with Crippen molar-refractivity contribution in [1.82, 2.24) is 25.4 Å². The third-order valence-electron chi connectivity index (χ3n) is 3.47. The van der Waals surface area contributed by atoms with E-state index in [9.17, 15) is 9.59 Å². The SMILES string of the molecule is Cc1cc(C(=O)N[NH+]=Cc2c(C)[nH]n(-c3ccccc3)c2=O)n[nH]1. The highest BCUT2D eigenvalue weighted by molar-refractivity contribution is 5.91. The standard InChI is InChI=1S/C16H16N6O2/c1-10-8-14(19-18-10)15(23)20-17-9-13-11(2)21-22(16(13)24)12-6-4-3-5-7-12/h3-9,21H,1-2H3,(H,18,19)(H,20,23)/p+1. The number of rotatable bonds is 4. The third-order valence-corrected chi connectivity index (χ3v) is 3.47. The number of hydrazine groups is 1. The molecule has 1 aromatic carbocycles. The minimum atomic E-state index is -0.396. The number of para-hydroxylation sites is 1. The Balaban J connectivity index is 1.79. The van der Waals surface area contributed by atoms with Gasteiger partial charge in [-0.15, -0.1) is 10.5 Å². The van der Waals surface area contributed by atoms with Gasteiger partial charge in [-0.3, -0.25) is 19.8 Å². The van der Waals surface area contributed by atoms with Crippen LogP contribution in [0.3, 0.4) is 0 Å². The van der Waals surface area contributed by atoms with Crippen LogP contribution in [-0.4, -0.2) is 32.1 Å². The maximum absolute atomic E-state index is 12.5. The van der Waals surface area contributed by atoms with Crippen molar-refractivity contribution in [3.63, 3.8) is 0 Å². The Hall–Kier alpha value is -3.42. The van der Waals surface area contributed by atoms with E-state index in [4.69, 9.17) is 0 Å². The van der Waals surface area contributed by atoms with E-state index >= 15 is 0 Å². The Morgan fingerprint density at radius 1 is 1.29 bits per heavy atom. The molecule has 0 atom stereocenters. The van der Waals surface area contributed by atoms with Gasteiger partial charge >= 0.3 is 5.91 Å². The summed E-state index contributed by atoms with van der Waals surface area (Å²) < 4.78 is 1.45. The summed E-state index contributed by atoms with van der Waals surface area (Å²) in [6.45, 7) is 3.59. The Morgan fingerprint density at radius 3 is 2.71 bits per heavy atom. The van der Waals surface area contributed by atoms with Gasteiger partial charge in [0.2, 0.25) is 6.21 Å². The highest BCUT2D eigenvalue weighted by atomic mass is 16.2. The van der Waals surface area contributed by atoms with Gasteiger partial charge in [0.1, 0.15) is 5.56 Å². The molecule has 0 aliphatic heterocycles. The predicted octanol–water partition coefficient (Wildman–Crippen LogP) is -0.650. The summed E-state index contributed by atoms with van der Waals surface area (Å²) in [6, 6.07) is 10.9. The lowest BCUT2D eigenvalue weighted by atomic mass is 10.3. The molecule has 8 heteroatoms. The quantitative estimate of drug-likeness (QED) is 0.378. The molecule has 0 aliphatic carbocycles. The minimum absolute atomic E-state index is 0.212. The molecule has 0 aliphatic rings. The highest BCUT2D eigenvalue weighted by Crippen LogP contribution is 2.04. The van der Waals surface area contributed by atoms with Crippen molar-refractivity contribution in [2.45, 2.75) is 13.8 Å². The number of carbonyl (C=O) groups excluding carboxylic acids is 1. The highest BCUT2D eigenvalue weighted by Gasteiger charge is 2.14. The number of hydrogen-bond donors (Lipinski definition) is 4. The molecular formula is C16H17N6O2+. The van der Waals surface area contributed by atoms with Crippen LogP contribution in [0.25, 0.3) is 5.69 Å². The summed E-state index contributed by atoms with van der Waals surface area (Å²) in [5, 5.41) is 12.2. The summed E-state index contributed by atoms with van der Waals surface area (Å²) >= 11 is 0. The third kappa shape index (κ3) is 3.02. The molecule has 0 saturated carbocycles. The van der Waals surface area contributed by atoms with Gasteiger partial charge in [-0.05, 0) is 32.0 Å². The van der Waals surface area contributed by atoms with Gasteiger partial charge in [0.15, 0.2) is 5.69 Å². The predicted molar refractivity (Wildman–Crippen MR) is 88.0 cm³/mol. The number of H-pyrrole nitrogens is 2. The number of carbonyl (C=O) groups is 1. The van der Waals surface area contributed by atoms with Gasteiger partial charge < -0.3 is 0 Å². The molecule has 122 valence electrons. The van der Waals surface area contributed by atoms with E-state index in [1.807, 2.05) is 30.3 Å². The Morgan fingerprint density at radius 2 is 2.04 bits per heavy atom. The monoisotopic (exact) mass is 325 g/mol. The van der Waals surface area contributed by atoms with E-state index in [1.54, 1.807) is 19.9 Å². The molecule has 0 radical (unpaired) electrons. The molecule has 8 nitrogen and oxygen atoms in total. The molecule has 0 unspecified atom stereocenters. The van der Waals surface area contributed by atoms with Crippen LogP contribution in [0.4, 0.5) is 0 Å². The molecule has 3 rings (SSSR count). The van der Waals surface area contributed by atoms with Crippen LogP contribution in [0.1, 0.15) is 27.4 Å². The van der Waals surface area contributed by atoms with E-state index in [-0.39, 0.29) is 11.3 Å². The van der Waals surface area contributed by atoms with Crippen LogP contribution >= 0.6 is 0 Å². The molecule has 2 aromatic heterocycles. The van der Waals surface area contributed by atoms with Crippen molar-refractivity contribution in [3.05, 3.63) is 69.4 Å². The first-order valence-corrected chi connectivity index (χ1v) is 7.34. The molecule has 1 amide bonds. The van der Waals surface area contributed by atoms with Crippen LogP contribution in [0.2, 0.25) is 0 Å². The van der Waals surface area contributed by atoms with Crippen LogP contribution in [-0.2, 0) is 0 Å². The number of hydrazone groups is 1. The number of nitrogens with one attached hydrogen (secondary N) is 4. The van der Waals surface area contributed by atoms with E-state index in [0.29, 0.717) is 11.3 Å².